The van der Waals surface area contributed by atoms with Gasteiger partial charge in [-0.15, -0.1) is 9.78 Å². The molecule has 3 heterocycles. The monoisotopic (exact) mass is 565 g/mol. The molecule has 1 aliphatic heterocycles. The van der Waals surface area contributed by atoms with Gasteiger partial charge in [0.25, 0.3) is 11.9 Å². The minimum atomic E-state index is -0.833. The predicted molar refractivity (Wildman–Crippen MR) is 144 cm³/mol. The number of ether oxygens (including phenoxy) is 3. The number of nitrogens with one attached hydrogen (secondary N) is 2. The molecule has 5 rings (SSSR count). The summed E-state index contributed by atoms with van der Waals surface area (Å²) in [7, 11) is 0. The Morgan fingerprint density at radius 3 is 2.63 bits per heavy atom. The second-order valence-corrected chi connectivity index (χ2v) is 8.82. The van der Waals surface area contributed by atoms with Crippen LogP contribution >= 0.6 is 0 Å². The normalized spacial score (nSPS) is 12.7. The Labute approximate surface area is 233 Å². The lowest BCUT2D eigenvalue weighted by molar-refractivity contribution is -0.134. The minimum Gasteiger partial charge on any atom is -0.487 e. The number of carbonyl (C=O) groups is 1. The fourth-order valence-corrected chi connectivity index (χ4v) is 4.13. The lowest BCUT2D eigenvalue weighted by atomic mass is 9.89. The van der Waals surface area contributed by atoms with Gasteiger partial charge in [0.2, 0.25) is 0 Å². The first kappa shape index (κ1) is 28.9. The zero-order valence-corrected chi connectivity index (χ0v) is 22.0. The van der Waals surface area contributed by atoms with Gasteiger partial charge in [0.15, 0.2) is 18.3 Å². The van der Waals surface area contributed by atoms with Gasteiger partial charge in [-0.25, -0.2) is 19.2 Å². The van der Waals surface area contributed by atoms with E-state index in [1.54, 1.807) is 24.3 Å². The Kier molecular flexibility index (Phi) is 9.37. The Morgan fingerprint density at radius 2 is 1.98 bits per heavy atom. The molecule has 1 unspecified atom stereocenters. The van der Waals surface area contributed by atoms with Gasteiger partial charge in [-0.05, 0) is 35.7 Å². The third-order valence-electron chi connectivity index (χ3n) is 5.85. The van der Waals surface area contributed by atoms with Gasteiger partial charge in [0.05, 0.1) is 6.61 Å². The summed E-state index contributed by atoms with van der Waals surface area (Å²) < 4.78 is 30.8. The van der Waals surface area contributed by atoms with Crippen molar-refractivity contribution in [3.63, 3.8) is 0 Å². The van der Waals surface area contributed by atoms with Crippen LogP contribution in [0.5, 0.6) is 11.5 Å². The number of halogens is 1. The number of fused-ring (bicyclic) bond motifs is 1. The van der Waals surface area contributed by atoms with Gasteiger partial charge in [0, 0.05) is 36.4 Å². The number of nitrogens with zero attached hydrogens (tertiary/aromatic N) is 4. The summed E-state index contributed by atoms with van der Waals surface area (Å²) in [6.07, 6.45) is 3.48. The molecule has 0 amide bonds. The number of H-pyrrole nitrogens is 1. The molecule has 0 fully saturated rings. The maximum atomic E-state index is 12.9. The molecule has 0 aliphatic carbocycles. The second kappa shape index (κ2) is 13.3. The third-order valence-corrected chi connectivity index (χ3v) is 5.85. The molecule has 0 bridgehead atoms. The van der Waals surface area contributed by atoms with Crippen molar-refractivity contribution in [3.8, 4) is 17.4 Å². The summed E-state index contributed by atoms with van der Waals surface area (Å²) in [4.78, 5) is 32.9. The number of aromatic amines is 1. The third kappa shape index (κ3) is 7.30. The molecule has 1 atom stereocenters. The van der Waals surface area contributed by atoms with E-state index in [1.807, 2.05) is 18.2 Å². The summed E-state index contributed by atoms with van der Waals surface area (Å²) in [6.45, 7) is 0.654. The van der Waals surface area contributed by atoms with Crippen LogP contribution in [-0.4, -0.2) is 61.7 Å². The highest BCUT2D eigenvalue weighted by Gasteiger charge is 2.26. The SMILES string of the molecule is CC(=O)O.N=C(N)c1ccc(CC(c2cc3c(c(OCCF)c2)OCOC3)c2nn(-c3ncccn3)c(=O)[nH]2)cc1. The first-order chi connectivity index (χ1) is 19.8. The van der Waals surface area contributed by atoms with E-state index >= 15 is 0 Å². The molecule has 5 N–H and O–H groups in total. The van der Waals surface area contributed by atoms with Gasteiger partial charge < -0.3 is 25.1 Å². The maximum Gasteiger partial charge on any atom is 0.350 e. The standard InChI is InChI=1S/C25H24FN7O4.C2H4O2/c26-6-9-36-20-12-17(11-18-13-35-14-37-21(18)20)19(10-15-2-4-16(5-3-15)22(27)28)23-31-25(34)33(32-23)24-29-7-1-8-30-24;1-2(3)4/h1-5,7-8,11-12,19H,6,9-10,13-14H2,(H3,27,28)(H,31,32,34);1H3,(H,3,4). The molecule has 2 aromatic heterocycles. The zero-order chi connectivity index (χ0) is 29.4. The number of benzene rings is 2. The number of nitrogens with two attached hydrogens (primary N) is 1. The van der Waals surface area contributed by atoms with Crippen LogP contribution < -0.4 is 20.9 Å². The van der Waals surface area contributed by atoms with E-state index < -0.39 is 24.3 Å². The number of carboxylic acid groups (broad SMARTS) is 1. The average Bonchev–Trinajstić information content (AvgIpc) is 3.36. The van der Waals surface area contributed by atoms with Crippen LogP contribution in [0.3, 0.4) is 0 Å². The summed E-state index contributed by atoms with van der Waals surface area (Å²) >= 11 is 0. The lowest BCUT2D eigenvalue weighted by Gasteiger charge is -2.24. The Morgan fingerprint density at radius 1 is 1.27 bits per heavy atom. The van der Waals surface area contributed by atoms with E-state index in [-0.39, 0.29) is 31.8 Å². The summed E-state index contributed by atoms with van der Waals surface area (Å²) in [5.41, 5.74) is 8.12. The Bertz CT molecular complexity index is 1550. The van der Waals surface area contributed by atoms with Crippen LogP contribution in [0.4, 0.5) is 4.39 Å². The molecular formula is C27H28FN7O6. The smallest absolute Gasteiger partial charge is 0.350 e. The van der Waals surface area contributed by atoms with E-state index in [0.29, 0.717) is 29.3 Å². The summed E-state index contributed by atoms with van der Waals surface area (Å²) in [5, 5.41) is 19.6. The van der Waals surface area contributed by atoms with Crippen LogP contribution in [0.1, 0.15) is 40.9 Å². The highest BCUT2D eigenvalue weighted by molar-refractivity contribution is 5.94. The number of aliphatic carboxylic acids is 1. The van der Waals surface area contributed by atoms with E-state index in [9.17, 15) is 9.18 Å². The molecule has 1 aliphatic rings. The van der Waals surface area contributed by atoms with Crippen LogP contribution in [0.25, 0.3) is 5.95 Å². The quantitative estimate of drug-likeness (QED) is 0.173. The number of amidine groups is 1. The van der Waals surface area contributed by atoms with Crippen LogP contribution in [0.2, 0.25) is 0 Å². The van der Waals surface area contributed by atoms with Crippen molar-refractivity contribution < 1.29 is 28.5 Å². The molecule has 4 aromatic rings. The van der Waals surface area contributed by atoms with Crippen molar-refractivity contribution >= 4 is 11.8 Å². The van der Waals surface area contributed by atoms with Gasteiger partial charge in [0.1, 0.15) is 24.9 Å². The van der Waals surface area contributed by atoms with Crippen LogP contribution in [-0.2, 0) is 22.6 Å². The average molecular weight is 566 g/mol. The van der Waals surface area contributed by atoms with Crippen molar-refractivity contribution in [2.75, 3.05) is 20.1 Å². The molecule has 13 nitrogen and oxygen atoms in total. The minimum absolute atomic E-state index is 0.0293. The van der Waals surface area contributed by atoms with E-state index in [1.165, 1.54) is 12.4 Å². The van der Waals surface area contributed by atoms with E-state index in [0.717, 1.165) is 28.3 Å². The number of nitrogen functional groups attached to an aromatic ring is 1. The van der Waals surface area contributed by atoms with Gasteiger partial charge >= 0.3 is 5.69 Å². The zero-order valence-electron chi connectivity index (χ0n) is 22.0. The highest BCUT2D eigenvalue weighted by atomic mass is 19.1. The molecule has 14 heteroatoms. The molecule has 0 radical (unpaired) electrons. The van der Waals surface area contributed by atoms with Gasteiger partial charge in [-0.3, -0.25) is 15.2 Å². The summed E-state index contributed by atoms with van der Waals surface area (Å²) in [6, 6.07) is 12.6. The van der Waals surface area contributed by atoms with Gasteiger partial charge in [-0.1, -0.05) is 24.3 Å². The summed E-state index contributed by atoms with van der Waals surface area (Å²) in [5.74, 6) is 0.100. The van der Waals surface area contributed by atoms with Crippen molar-refractivity contribution in [2.45, 2.75) is 25.9 Å². The van der Waals surface area contributed by atoms with E-state index in [2.05, 4.69) is 20.1 Å². The molecule has 0 saturated heterocycles. The molecule has 41 heavy (non-hydrogen) atoms. The largest absolute Gasteiger partial charge is 0.487 e. The lowest BCUT2D eigenvalue weighted by Crippen LogP contribution is -2.18. The van der Waals surface area contributed by atoms with E-state index in [4.69, 9.17) is 35.3 Å². The topological polar surface area (TPSA) is 191 Å². The molecule has 214 valence electrons. The fourth-order valence-electron chi connectivity index (χ4n) is 4.13. The highest BCUT2D eigenvalue weighted by Crippen LogP contribution is 2.39. The number of carboxylic acids is 1. The number of alkyl halides is 1. The number of hydrogen-bond donors (Lipinski definition) is 4. The van der Waals surface area contributed by atoms with Crippen LogP contribution in [0.15, 0.2) is 59.7 Å². The van der Waals surface area contributed by atoms with Gasteiger partial charge in [-0.2, -0.15) is 0 Å². The number of hydrogen-bond acceptors (Lipinski definition) is 9. The molecule has 2 aromatic carbocycles. The van der Waals surface area contributed by atoms with Crippen molar-refractivity contribution in [1.82, 2.24) is 24.7 Å². The molecule has 0 spiro atoms. The van der Waals surface area contributed by atoms with Crippen LogP contribution in [0, 0.1) is 5.41 Å². The fraction of sp³-hybridized carbons (Fsp3) is 0.259. The Balaban J connectivity index is 0.000000909. The first-order valence-corrected chi connectivity index (χ1v) is 12.4. The molecule has 0 saturated carbocycles. The Hall–Kier alpha value is -5.11. The van der Waals surface area contributed by atoms with Crippen molar-refractivity contribution in [2.24, 2.45) is 5.73 Å². The van der Waals surface area contributed by atoms with Crippen molar-refractivity contribution in [3.05, 3.63) is 93.4 Å². The maximum absolute atomic E-state index is 12.9. The number of aromatic nitrogens is 5. The second-order valence-electron chi connectivity index (χ2n) is 8.82. The number of rotatable bonds is 9. The first-order valence-electron chi connectivity index (χ1n) is 12.4. The predicted octanol–water partition coefficient (Wildman–Crippen LogP) is 2.31. The molecular weight excluding hydrogens is 537 g/mol. The van der Waals surface area contributed by atoms with Crippen molar-refractivity contribution in [1.29, 1.82) is 5.41 Å².